The van der Waals surface area contributed by atoms with E-state index in [0.717, 1.165) is 5.56 Å². The molecule has 0 aliphatic carbocycles. The van der Waals surface area contributed by atoms with Crippen LogP contribution in [0.4, 0.5) is 4.39 Å². The van der Waals surface area contributed by atoms with Crippen molar-refractivity contribution in [3.63, 3.8) is 0 Å². The van der Waals surface area contributed by atoms with E-state index in [2.05, 4.69) is 6.58 Å². The summed E-state index contributed by atoms with van der Waals surface area (Å²) in [5.74, 6) is -1.43. The molecule has 0 fully saturated rings. The zero-order valence-corrected chi connectivity index (χ0v) is 6.59. The third-order valence-electron chi connectivity index (χ3n) is 1.51. The molecule has 0 radical (unpaired) electrons. The maximum Gasteiger partial charge on any atom is 0.194 e. The van der Waals surface area contributed by atoms with Gasteiger partial charge in [-0.15, -0.1) is 0 Å². The van der Waals surface area contributed by atoms with Crippen molar-refractivity contribution in [1.82, 2.24) is 0 Å². The molecule has 0 unspecified atom stereocenters. The Labute approximate surface area is 70.5 Å². The Morgan fingerprint density at radius 2 is 1.92 bits per heavy atom. The summed E-state index contributed by atoms with van der Waals surface area (Å²) in [6, 6.07) is 9.02. The third kappa shape index (κ3) is 2.31. The second-order valence-electron chi connectivity index (χ2n) is 2.49. The lowest BCUT2D eigenvalue weighted by Crippen LogP contribution is -2.01. The molecule has 0 aliphatic heterocycles. The largest absolute Gasteiger partial charge is 0.291 e. The summed E-state index contributed by atoms with van der Waals surface area (Å²) >= 11 is 0. The molecule has 1 aromatic rings. The van der Waals surface area contributed by atoms with Crippen molar-refractivity contribution < 1.29 is 9.18 Å². The van der Waals surface area contributed by atoms with E-state index in [4.69, 9.17) is 0 Å². The van der Waals surface area contributed by atoms with Gasteiger partial charge in [0.15, 0.2) is 11.6 Å². The highest BCUT2D eigenvalue weighted by atomic mass is 19.1. The van der Waals surface area contributed by atoms with Crippen molar-refractivity contribution >= 4 is 5.78 Å². The summed E-state index contributed by atoms with van der Waals surface area (Å²) in [7, 11) is 0. The zero-order chi connectivity index (χ0) is 8.97. The number of hydrogen-bond acceptors (Lipinski definition) is 1. The molecule has 2 heteroatoms. The van der Waals surface area contributed by atoms with Gasteiger partial charge in [0.1, 0.15) is 0 Å². The van der Waals surface area contributed by atoms with E-state index in [1.807, 2.05) is 18.2 Å². The number of hydrogen-bond donors (Lipinski definition) is 0. The van der Waals surface area contributed by atoms with Gasteiger partial charge in [-0.2, -0.15) is 0 Å². The minimum absolute atomic E-state index is 0.0934. The highest BCUT2D eigenvalue weighted by Crippen LogP contribution is 2.04. The molecular formula is C10H9FO. The minimum Gasteiger partial charge on any atom is -0.291 e. The van der Waals surface area contributed by atoms with Gasteiger partial charge in [0.05, 0.1) is 0 Å². The molecule has 0 atom stereocenters. The van der Waals surface area contributed by atoms with E-state index in [1.54, 1.807) is 12.1 Å². The standard InChI is InChI=1S/C10H9FO/c1-8(11)10(12)7-9-5-3-2-4-6-9/h2-6H,1,7H2. The zero-order valence-electron chi connectivity index (χ0n) is 6.59. The predicted molar refractivity (Wildman–Crippen MR) is 45.4 cm³/mol. The Morgan fingerprint density at radius 1 is 1.33 bits per heavy atom. The van der Waals surface area contributed by atoms with Crippen LogP contribution in [-0.2, 0) is 11.2 Å². The second kappa shape index (κ2) is 3.81. The van der Waals surface area contributed by atoms with Crippen LogP contribution in [0.3, 0.4) is 0 Å². The maximum atomic E-state index is 12.2. The summed E-state index contributed by atoms with van der Waals surface area (Å²) < 4.78 is 12.2. The quantitative estimate of drug-likeness (QED) is 0.626. The molecule has 0 aliphatic rings. The van der Waals surface area contributed by atoms with Gasteiger partial charge in [-0.1, -0.05) is 36.9 Å². The van der Waals surface area contributed by atoms with Gasteiger partial charge in [-0.25, -0.2) is 4.39 Å². The highest BCUT2D eigenvalue weighted by molar-refractivity contribution is 5.94. The van der Waals surface area contributed by atoms with Crippen LogP contribution >= 0.6 is 0 Å². The Morgan fingerprint density at radius 3 is 2.42 bits per heavy atom. The van der Waals surface area contributed by atoms with Gasteiger partial charge in [-0.3, -0.25) is 4.79 Å². The van der Waals surface area contributed by atoms with Crippen LogP contribution in [0.5, 0.6) is 0 Å². The molecule has 1 nitrogen and oxygen atoms in total. The number of allylic oxidation sites excluding steroid dienone is 1. The average Bonchev–Trinajstić information content (AvgIpc) is 2.06. The van der Waals surface area contributed by atoms with Gasteiger partial charge < -0.3 is 0 Å². The van der Waals surface area contributed by atoms with Crippen molar-refractivity contribution in [3.05, 3.63) is 48.3 Å². The van der Waals surface area contributed by atoms with E-state index < -0.39 is 11.6 Å². The van der Waals surface area contributed by atoms with Gasteiger partial charge in [0.2, 0.25) is 0 Å². The van der Waals surface area contributed by atoms with Crippen LogP contribution < -0.4 is 0 Å². The summed E-state index contributed by atoms with van der Waals surface area (Å²) in [4.78, 5) is 10.8. The SMILES string of the molecule is C=C(F)C(=O)Cc1ccccc1. The second-order valence-corrected chi connectivity index (χ2v) is 2.49. The number of halogens is 1. The summed E-state index contributed by atoms with van der Waals surface area (Å²) in [6.45, 7) is 2.94. The van der Waals surface area contributed by atoms with Gasteiger partial charge in [0.25, 0.3) is 0 Å². The van der Waals surface area contributed by atoms with Crippen LogP contribution in [0.25, 0.3) is 0 Å². The molecule has 1 aromatic carbocycles. The Bertz CT molecular complexity index is 290. The lowest BCUT2D eigenvalue weighted by molar-refractivity contribution is -0.116. The number of carbonyl (C=O) groups excluding carboxylic acids is 1. The molecule has 0 saturated heterocycles. The summed E-state index contributed by atoms with van der Waals surface area (Å²) in [5, 5.41) is 0. The Balaban J connectivity index is 2.65. The van der Waals surface area contributed by atoms with E-state index in [1.165, 1.54) is 0 Å². The first-order valence-corrected chi connectivity index (χ1v) is 3.61. The van der Waals surface area contributed by atoms with Crippen LogP contribution in [-0.4, -0.2) is 5.78 Å². The molecule has 0 bridgehead atoms. The molecule has 0 spiro atoms. The molecule has 0 amide bonds. The third-order valence-corrected chi connectivity index (χ3v) is 1.51. The van der Waals surface area contributed by atoms with E-state index in [9.17, 15) is 9.18 Å². The Kier molecular flexibility index (Phi) is 2.75. The van der Waals surface area contributed by atoms with Gasteiger partial charge in [0, 0.05) is 6.42 Å². The van der Waals surface area contributed by atoms with Gasteiger partial charge >= 0.3 is 0 Å². The molecule has 0 N–H and O–H groups in total. The fraction of sp³-hybridized carbons (Fsp3) is 0.100. The van der Waals surface area contributed by atoms with E-state index >= 15 is 0 Å². The molecule has 1 rings (SSSR count). The van der Waals surface area contributed by atoms with Crippen molar-refractivity contribution in [2.45, 2.75) is 6.42 Å². The molecule has 12 heavy (non-hydrogen) atoms. The molecule has 0 aromatic heterocycles. The van der Waals surface area contributed by atoms with Crippen LogP contribution in [0.2, 0.25) is 0 Å². The first kappa shape index (κ1) is 8.65. The van der Waals surface area contributed by atoms with Crippen molar-refractivity contribution in [2.24, 2.45) is 0 Å². The van der Waals surface area contributed by atoms with E-state index in [0.29, 0.717) is 0 Å². The number of carbonyl (C=O) groups is 1. The van der Waals surface area contributed by atoms with Crippen LogP contribution in [0, 0.1) is 0 Å². The molecule has 0 heterocycles. The fourth-order valence-electron chi connectivity index (χ4n) is 0.877. The van der Waals surface area contributed by atoms with Crippen molar-refractivity contribution in [2.75, 3.05) is 0 Å². The normalized spacial score (nSPS) is 9.42. The number of rotatable bonds is 3. The highest BCUT2D eigenvalue weighted by Gasteiger charge is 2.05. The maximum absolute atomic E-state index is 12.2. The van der Waals surface area contributed by atoms with Crippen molar-refractivity contribution in [3.8, 4) is 0 Å². The fourth-order valence-corrected chi connectivity index (χ4v) is 0.877. The monoisotopic (exact) mass is 164 g/mol. The van der Waals surface area contributed by atoms with Crippen LogP contribution in [0.15, 0.2) is 42.7 Å². The van der Waals surface area contributed by atoms with Gasteiger partial charge in [-0.05, 0) is 5.56 Å². The van der Waals surface area contributed by atoms with Crippen molar-refractivity contribution in [1.29, 1.82) is 0 Å². The lowest BCUT2D eigenvalue weighted by atomic mass is 10.1. The average molecular weight is 164 g/mol. The van der Waals surface area contributed by atoms with Crippen LogP contribution in [0.1, 0.15) is 5.56 Å². The Hall–Kier alpha value is -1.44. The molecular weight excluding hydrogens is 155 g/mol. The minimum atomic E-state index is -0.876. The van der Waals surface area contributed by atoms with E-state index in [-0.39, 0.29) is 6.42 Å². The molecule has 0 saturated carbocycles. The topological polar surface area (TPSA) is 17.1 Å². The smallest absolute Gasteiger partial charge is 0.194 e. The first-order chi connectivity index (χ1) is 5.70. The molecule has 62 valence electrons. The number of benzene rings is 1. The number of Topliss-reactive ketones (excluding diaryl/α,β-unsaturated/α-hetero) is 1. The summed E-state index contributed by atoms with van der Waals surface area (Å²) in [5.41, 5.74) is 0.807. The summed E-state index contributed by atoms with van der Waals surface area (Å²) in [6.07, 6.45) is 0.0934. The lowest BCUT2D eigenvalue weighted by Gasteiger charge is -1.96. The predicted octanol–water partition coefficient (Wildman–Crippen LogP) is 2.28. The number of ketones is 1. The first-order valence-electron chi connectivity index (χ1n) is 3.61.